The predicted molar refractivity (Wildman–Crippen MR) is 173 cm³/mol. The maximum atomic E-state index is 10.1. The summed E-state index contributed by atoms with van der Waals surface area (Å²) in [6.07, 6.45) is 40.1. The van der Waals surface area contributed by atoms with E-state index in [-0.39, 0.29) is 6.61 Å². The largest absolute Gasteiger partial charge is 0.726 e. The molecule has 244 valence electrons. The van der Waals surface area contributed by atoms with E-state index in [1.807, 2.05) is 6.20 Å². The van der Waals surface area contributed by atoms with Gasteiger partial charge >= 0.3 is 0 Å². The van der Waals surface area contributed by atoms with Gasteiger partial charge in [0.1, 0.15) is 12.4 Å². The molecule has 0 unspecified atom stereocenters. The van der Waals surface area contributed by atoms with Crippen molar-refractivity contribution in [2.75, 3.05) is 6.61 Å². The van der Waals surface area contributed by atoms with Crippen LogP contribution in [0.1, 0.15) is 187 Å². The molecule has 0 saturated carbocycles. The molecule has 0 saturated heterocycles. The Morgan fingerprint density at radius 3 is 1.27 bits per heavy atom. The van der Waals surface area contributed by atoms with Crippen LogP contribution in [0.4, 0.5) is 0 Å². The van der Waals surface area contributed by atoms with Gasteiger partial charge in [-0.3, -0.25) is 4.18 Å². The van der Waals surface area contributed by atoms with Gasteiger partial charge in [0.25, 0.3) is 5.82 Å². The minimum absolute atomic E-state index is 0.0301. The molecule has 0 atom stereocenters. The van der Waals surface area contributed by atoms with E-state index in [2.05, 4.69) is 40.8 Å². The summed E-state index contributed by atoms with van der Waals surface area (Å²) in [4.78, 5) is 3.32. The molecule has 0 spiro atoms. The van der Waals surface area contributed by atoms with Gasteiger partial charge < -0.3 is 4.55 Å². The molecule has 41 heavy (non-hydrogen) atoms. The van der Waals surface area contributed by atoms with Crippen LogP contribution in [0.2, 0.25) is 0 Å². The molecular weight excluding hydrogens is 532 g/mol. The number of aryl methyl sites for hydroxylation is 2. The smallest absolute Gasteiger partial charge is 0.253 e. The Balaban J connectivity index is 0.000000831. The number of H-pyrrole nitrogens is 1. The van der Waals surface area contributed by atoms with Crippen molar-refractivity contribution in [1.82, 2.24) is 4.98 Å². The third-order valence-corrected chi connectivity index (χ3v) is 8.42. The van der Waals surface area contributed by atoms with Crippen molar-refractivity contribution in [1.29, 1.82) is 0 Å². The molecule has 0 amide bonds. The summed E-state index contributed by atoms with van der Waals surface area (Å²) in [6, 6.07) is 0. The van der Waals surface area contributed by atoms with Crippen molar-refractivity contribution >= 4 is 10.4 Å². The number of rotatable bonds is 29. The molecule has 7 heteroatoms. The first-order valence-corrected chi connectivity index (χ1v) is 18.9. The van der Waals surface area contributed by atoms with Gasteiger partial charge in [0.2, 0.25) is 10.4 Å². The Morgan fingerprint density at radius 1 is 0.610 bits per heavy atom. The first-order valence-electron chi connectivity index (χ1n) is 17.5. The van der Waals surface area contributed by atoms with Crippen molar-refractivity contribution in [2.45, 2.75) is 187 Å². The van der Waals surface area contributed by atoms with Crippen LogP contribution >= 0.6 is 0 Å². The highest BCUT2D eigenvalue weighted by atomic mass is 32.3. The fourth-order valence-corrected chi connectivity index (χ4v) is 5.60. The van der Waals surface area contributed by atoms with Crippen LogP contribution in [0.15, 0.2) is 12.4 Å². The highest BCUT2D eigenvalue weighted by Crippen LogP contribution is 2.14. The summed E-state index contributed by atoms with van der Waals surface area (Å²) in [6.45, 7) is 4.54. The van der Waals surface area contributed by atoms with Gasteiger partial charge in [-0.1, -0.05) is 168 Å². The van der Waals surface area contributed by atoms with Gasteiger partial charge in [0.05, 0.1) is 13.7 Å². The van der Waals surface area contributed by atoms with E-state index < -0.39 is 10.4 Å². The second-order valence-electron chi connectivity index (χ2n) is 12.0. The molecular formula is C34H68N2O4S. The fraction of sp³-hybridized carbons (Fsp3) is 0.912. The number of aromatic amines is 1. The maximum Gasteiger partial charge on any atom is 0.253 e. The van der Waals surface area contributed by atoms with Gasteiger partial charge in [-0.25, -0.2) is 18.0 Å². The van der Waals surface area contributed by atoms with Crippen molar-refractivity contribution in [3.8, 4) is 0 Å². The number of hydrogen-bond donors (Lipinski definition) is 1. The average molecular weight is 601 g/mol. The Labute approximate surface area is 255 Å². The SMILES string of the molecule is CCCCCCCCCCCCCCCCCCc1[nH]cc[n+]1C.CCCCCCCCCCCCOS(=O)(=O)[O-]. The molecule has 0 aromatic carbocycles. The minimum atomic E-state index is -4.48. The Kier molecular flexibility index (Phi) is 29.8. The molecule has 0 fully saturated rings. The summed E-state index contributed by atoms with van der Waals surface area (Å²) < 4.78 is 36.7. The lowest BCUT2D eigenvalue weighted by Crippen LogP contribution is -2.30. The Morgan fingerprint density at radius 2 is 0.951 bits per heavy atom. The molecule has 1 aromatic heterocycles. The predicted octanol–water partition coefficient (Wildman–Crippen LogP) is 10.0. The summed E-state index contributed by atoms with van der Waals surface area (Å²) in [7, 11) is -2.36. The third kappa shape index (κ3) is 31.8. The van der Waals surface area contributed by atoms with Crippen molar-refractivity contribution in [3.05, 3.63) is 18.2 Å². The molecule has 0 aliphatic rings. The van der Waals surface area contributed by atoms with Crippen LogP contribution in [0.3, 0.4) is 0 Å². The van der Waals surface area contributed by atoms with Crippen LogP contribution in [-0.2, 0) is 28.1 Å². The molecule has 0 aliphatic carbocycles. The van der Waals surface area contributed by atoms with Crippen LogP contribution in [0.25, 0.3) is 0 Å². The van der Waals surface area contributed by atoms with E-state index in [1.54, 1.807) is 0 Å². The Hall–Kier alpha value is -0.920. The van der Waals surface area contributed by atoms with E-state index in [4.69, 9.17) is 0 Å². The normalized spacial score (nSPS) is 11.5. The zero-order chi connectivity index (χ0) is 30.3. The second kappa shape index (κ2) is 30.5. The van der Waals surface area contributed by atoms with Crippen LogP contribution in [0, 0.1) is 0 Å². The average Bonchev–Trinajstić information content (AvgIpc) is 3.35. The van der Waals surface area contributed by atoms with Crippen LogP contribution in [0.5, 0.6) is 0 Å². The monoisotopic (exact) mass is 600 g/mol. The minimum Gasteiger partial charge on any atom is -0.726 e. The molecule has 0 aliphatic heterocycles. The third-order valence-electron chi connectivity index (χ3n) is 7.97. The molecule has 1 heterocycles. The van der Waals surface area contributed by atoms with Gasteiger partial charge in [0.15, 0.2) is 0 Å². The summed E-state index contributed by atoms with van der Waals surface area (Å²) in [5.74, 6) is 1.36. The molecule has 1 aromatic rings. The Bertz CT molecular complexity index is 752. The number of unbranched alkanes of at least 4 members (excludes halogenated alkanes) is 24. The van der Waals surface area contributed by atoms with E-state index in [0.29, 0.717) is 6.42 Å². The number of nitrogens with zero attached hydrogens (tertiary/aromatic N) is 1. The van der Waals surface area contributed by atoms with E-state index in [9.17, 15) is 13.0 Å². The topological polar surface area (TPSA) is 86.1 Å². The van der Waals surface area contributed by atoms with Crippen LogP contribution in [-0.4, -0.2) is 24.6 Å². The second-order valence-corrected chi connectivity index (χ2v) is 13.0. The van der Waals surface area contributed by atoms with Crippen molar-refractivity contribution in [3.63, 3.8) is 0 Å². The standard InChI is InChI=1S/C22H42N2.C12H26O4S/c1-3-4-5-6-7-8-9-10-11-12-13-14-15-16-17-18-19-22-23-20-21-24(22)2;1-2-3-4-5-6-7-8-9-10-11-12-16-17(13,14)15/h20-21H,3-19H2,1-2H3;2-12H2,1H3,(H,13,14,15). The van der Waals surface area contributed by atoms with Gasteiger partial charge in [-0.05, 0) is 12.8 Å². The van der Waals surface area contributed by atoms with Crippen molar-refractivity contribution in [2.24, 2.45) is 7.05 Å². The van der Waals surface area contributed by atoms with Gasteiger partial charge in [0, 0.05) is 6.42 Å². The van der Waals surface area contributed by atoms with Crippen LogP contribution < -0.4 is 4.57 Å². The number of aromatic nitrogens is 2. The number of hydrogen-bond acceptors (Lipinski definition) is 4. The molecule has 1 rings (SSSR count). The summed E-state index contributed by atoms with van der Waals surface area (Å²) in [5, 5.41) is 0. The summed E-state index contributed by atoms with van der Waals surface area (Å²) >= 11 is 0. The van der Waals surface area contributed by atoms with E-state index in [0.717, 1.165) is 12.8 Å². The lowest BCUT2D eigenvalue weighted by atomic mass is 10.0. The lowest BCUT2D eigenvalue weighted by molar-refractivity contribution is -0.677. The lowest BCUT2D eigenvalue weighted by Gasteiger charge is -2.06. The van der Waals surface area contributed by atoms with Gasteiger partial charge in [-0.2, -0.15) is 0 Å². The van der Waals surface area contributed by atoms with Crippen molar-refractivity contribution < 1.29 is 21.7 Å². The first-order chi connectivity index (χ1) is 19.9. The van der Waals surface area contributed by atoms with E-state index >= 15 is 0 Å². The highest BCUT2D eigenvalue weighted by Gasteiger charge is 2.05. The zero-order valence-corrected chi connectivity index (χ0v) is 28.3. The molecule has 1 N–H and O–H groups in total. The quantitative estimate of drug-likeness (QED) is 0.0429. The molecule has 0 radical (unpaired) electrons. The fourth-order valence-electron chi connectivity index (χ4n) is 5.28. The first kappa shape index (κ1) is 40.1. The highest BCUT2D eigenvalue weighted by molar-refractivity contribution is 7.80. The number of imidazole rings is 1. The van der Waals surface area contributed by atoms with Gasteiger partial charge in [-0.15, -0.1) is 0 Å². The number of nitrogens with one attached hydrogen (secondary N) is 1. The summed E-state index contributed by atoms with van der Waals surface area (Å²) in [5.41, 5.74) is 0. The van der Waals surface area contributed by atoms with E-state index in [1.165, 1.54) is 160 Å². The maximum absolute atomic E-state index is 10.1. The zero-order valence-electron chi connectivity index (χ0n) is 27.4. The molecule has 0 bridgehead atoms. The molecule has 6 nitrogen and oxygen atoms in total.